The van der Waals surface area contributed by atoms with Gasteiger partial charge in [-0.2, -0.15) is 4.98 Å². The van der Waals surface area contributed by atoms with Crippen molar-refractivity contribution in [3.8, 4) is 0 Å². The lowest BCUT2D eigenvalue weighted by molar-refractivity contribution is 0.0601. The Bertz CT molecular complexity index is 617. The van der Waals surface area contributed by atoms with E-state index < -0.39 is 5.97 Å². The van der Waals surface area contributed by atoms with E-state index in [1.165, 1.54) is 13.3 Å². The molecule has 0 bridgehead atoms. The maximum Gasteiger partial charge on any atom is 0.343 e. The van der Waals surface area contributed by atoms with Crippen molar-refractivity contribution in [2.45, 2.75) is 6.92 Å². The summed E-state index contributed by atoms with van der Waals surface area (Å²) in [5.41, 5.74) is 2.09. The number of hydrogen-bond acceptors (Lipinski definition) is 5. The summed E-state index contributed by atoms with van der Waals surface area (Å²) in [6, 6.07) is 7.64. The number of nitrogens with zero attached hydrogens (tertiary/aromatic N) is 2. The van der Waals surface area contributed by atoms with Gasteiger partial charge in [-0.05, 0) is 30.2 Å². The average molecular weight is 278 g/mol. The Morgan fingerprint density at radius 2 is 2.11 bits per heavy atom. The number of nitrogens with one attached hydrogen (secondary N) is 1. The van der Waals surface area contributed by atoms with Crippen LogP contribution in [0, 0.1) is 6.92 Å². The number of benzene rings is 1. The van der Waals surface area contributed by atoms with Crippen LogP contribution in [-0.2, 0) is 4.74 Å². The minimum Gasteiger partial charge on any atom is -0.465 e. The molecule has 0 saturated heterocycles. The molecule has 0 atom stereocenters. The first-order chi connectivity index (χ1) is 9.11. The lowest BCUT2D eigenvalue weighted by Crippen LogP contribution is -2.09. The standard InChI is InChI=1S/C13H12ClN3O2/c1-8-5-3-4-6-10(8)16-11-9(12(18)19-2)7-15-13(14)17-11/h3-7H,1-2H3,(H,15,16,17). The summed E-state index contributed by atoms with van der Waals surface area (Å²) in [6.07, 6.45) is 1.34. The first kappa shape index (κ1) is 13.3. The molecule has 1 heterocycles. The second-order valence-corrected chi connectivity index (χ2v) is 4.17. The Morgan fingerprint density at radius 1 is 1.37 bits per heavy atom. The van der Waals surface area contributed by atoms with Crippen molar-refractivity contribution < 1.29 is 9.53 Å². The normalized spacial score (nSPS) is 10.1. The summed E-state index contributed by atoms with van der Waals surface area (Å²) in [7, 11) is 1.30. The zero-order chi connectivity index (χ0) is 13.8. The molecule has 0 aliphatic carbocycles. The Labute approximate surface area is 115 Å². The predicted octanol–water partition coefficient (Wildman–Crippen LogP) is 2.97. The van der Waals surface area contributed by atoms with E-state index in [1.807, 2.05) is 31.2 Å². The third-order valence-corrected chi connectivity index (χ3v) is 2.74. The van der Waals surface area contributed by atoms with E-state index in [0.29, 0.717) is 5.82 Å². The molecule has 2 rings (SSSR count). The number of anilines is 2. The molecule has 2 aromatic rings. The summed E-state index contributed by atoms with van der Waals surface area (Å²) in [6.45, 7) is 1.95. The summed E-state index contributed by atoms with van der Waals surface area (Å²) in [5, 5.41) is 3.12. The number of para-hydroxylation sites is 1. The third-order valence-electron chi connectivity index (χ3n) is 2.56. The number of aromatic nitrogens is 2. The SMILES string of the molecule is COC(=O)c1cnc(Cl)nc1Nc1ccccc1C. The molecule has 1 aromatic carbocycles. The van der Waals surface area contributed by atoms with E-state index in [-0.39, 0.29) is 10.8 Å². The zero-order valence-corrected chi connectivity index (χ0v) is 11.2. The number of carbonyl (C=O) groups is 1. The molecule has 0 aliphatic rings. The molecular weight excluding hydrogens is 266 g/mol. The number of esters is 1. The molecule has 19 heavy (non-hydrogen) atoms. The van der Waals surface area contributed by atoms with Crippen LogP contribution in [0.2, 0.25) is 5.28 Å². The minimum absolute atomic E-state index is 0.0590. The molecule has 0 radical (unpaired) electrons. The molecule has 5 nitrogen and oxygen atoms in total. The number of aryl methyl sites for hydroxylation is 1. The summed E-state index contributed by atoms with van der Waals surface area (Å²) < 4.78 is 4.68. The van der Waals surface area contributed by atoms with Gasteiger partial charge in [-0.3, -0.25) is 0 Å². The number of rotatable bonds is 3. The lowest BCUT2D eigenvalue weighted by atomic mass is 10.2. The van der Waals surface area contributed by atoms with Gasteiger partial charge in [0.25, 0.3) is 0 Å². The van der Waals surface area contributed by atoms with Gasteiger partial charge in [0.15, 0.2) is 0 Å². The number of hydrogen-bond donors (Lipinski definition) is 1. The first-order valence-electron chi connectivity index (χ1n) is 5.55. The molecule has 0 aliphatic heterocycles. The number of methoxy groups -OCH3 is 1. The smallest absolute Gasteiger partial charge is 0.343 e. The van der Waals surface area contributed by atoms with Crippen LogP contribution in [0.5, 0.6) is 0 Å². The summed E-state index contributed by atoms with van der Waals surface area (Å²) in [5.74, 6) is -0.200. The van der Waals surface area contributed by atoms with Crippen molar-refractivity contribution in [1.29, 1.82) is 0 Å². The molecule has 0 saturated carbocycles. The maximum atomic E-state index is 11.6. The summed E-state index contributed by atoms with van der Waals surface area (Å²) >= 11 is 5.76. The Morgan fingerprint density at radius 3 is 2.79 bits per heavy atom. The number of carbonyl (C=O) groups excluding carboxylic acids is 1. The van der Waals surface area contributed by atoms with Crippen molar-refractivity contribution >= 4 is 29.1 Å². The van der Waals surface area contributed by atoms with E-state index in [4.69, 9.17) is 11.6 Å². The minimum atomic E-state index is -0.521. The van der Waals surface area contributed by atoms with Gasteiger partial charge in [0, 0.05) is 11.9 Å². The van der Waals surface area contributed by atoms with Crippen molar-refractivity contribution in [1.82, 2.24) is 9.97 Å². The summed E-state index contributed by atoms with van der Waals surface area (Å²) in [4.78, 5) is 19.4. The molecule has 1 N–H and O–H groups in total. The van der Waals surface area contributed by atoms with Gasteiger partial charge in [0.2, 0.25) is 5.28 Å². The van der Waals surface area contributed by atoms with E-state index in [0.717, 1.165) is 11.3 Å². The zero-order valence-electron chi connectivity index (χ0n) is 10.5. The van der Waals surface area contributed by atoms with E-state index in [1.54, 1.807) is 0 Å². The van der Waals surface area contributed by atoms with Gasteiger partial charge in [0.1, 0.15) is 11.4 Å². The van der Waals surface area contributed by atoms with Crippen LogP contribution >= 0.6 is 11.6 Å². The number of halogens is 1. The quantitative estimate of drug-likeness (QED) is 0.690. The van der Waals surface area contributed by atoms with Crippen LogP contribution < -0.4 is 5.32 Å². The van der Waals surface area contributed by atoms with Gasteiger partial charge in [-0.25, -0.2) is 9.78 Å². The van der Waals surface area contributed by atoms with Crippen LogP contribution in [0.3, 0.4) is 0 Å². The molecule has 6 heteroatoms. The van der Waals surface area contributed by atoms with E-state index >= 15 is 0 Å². The Hall–Kier alpha value is -2.14. The van der Waals surface area contributed by atoms with Crippen molar-refractivity contribution in [2.24, 2.45) is 0 Å². The molecular formula is C13H12ClN3O2. The molecule has 0 unspecified atom stereocenters. The van der Waals surface area contributed by atoms with Crippen molar-refractivity contribution in [2.75, 3.05) is 12.4 Å². The van der Waals surface area contributed by atoms with Crippen LogP contribution in [-0.4, -0.2) is 23.0 Å². The monoisotopic (exact) mass is 277 g/mol. The predicted molar refractivity (Wildman–Crippen MR) is 72.8 cm³/mol. The Balaban J connectivity index is 2.41. The van der Waals surface area contributed by atoms with Crippen LogP contribution in [0.4, 0.5) is 11.5 Å². The van der Waals surface area contributed by atoms with Gasteiger partial charge < -0.3 is 10.1 Å². The van der Waals surface area contributed by atoms with Crippen LogP contribution in [0.1, 0.15) is 15.9 Å². The highest BCUT2D eigenvalue weighted by Crippen LogP contribution is 2.22. The fraction of sp³-hybridized carbons (Fsp3) is 0.154. The Kier molecular flexibility index (Phi) is 3.97. The molecule has 0 amide bonds. The van der Waals surface area contributed by atoms with E-state index in [9.17, 15) is 4.79 Å². The lowest BCUT2D eigenvalue weighted by Gasteiger charge is -2.11. The van der Waals surface area contributed by atoms with Crippen LogP contribution in [0.25, 0.3) is 0 Å². The maximum absolute atomic E-state index is 11.6. The van der Waals surface area contributed by atoms with Crippen molar-refractivity contribution in [3.63, 3.8) is 0 Å². The average Bonchev–Trinajstić information content (AvgIpc) is 2.41. The number of ether oxygens (including phenoxy) is 1. The van der Waals surface area contributed by atoms with Crippen molar-refractivity contribution in [3.05, 3.63) is 46.9 Å². The van der Waals surface area contributed by atoms with Gasteiger partial charge in [-0.1, -0.05) is 18.2 Å². The van der Waals surface area contributed by atoms with Crippen LogP contribution in [0.15, 0.2) is 30.5 Å². The molecule has 1 aromatic heterocycles. The topological polar surface area (TPSA) is 64.1 Å². The fourth-order valence-corrected chi connectivity index (χ4v) is 1.69. The van der Waals surface area contributed by atoms with E-state index in [2.05, 4.69) is 20.0 Å². The highest BCUT2D eigenvalue weighted by molar-refractivity contribution is 6.28. The molecule has 0 spiro atoms. The largest absolute Gasteiger partial charge is 0.465 e. The second kappa shape index (κ2) is 5.67. The van der Waals surface area contributed by atoms with Gasteiger partial charge in [0.05, 0.1) is 7.11 Å². The second-order valence-electron chi connectivity index (χ2n) is 3.83. The first-order valence-corrected chi connectivity index (χ1v) is 5.93. The third kappa shape index (κ3) is 3.00. The molecule has 0 fully saturated rings. The van der Waals surface area contributed by atoms with Gasteiger partial charge >= 0.3 is 5.97 Å². The molecule has 98 valence electrons. The fourth-order valence-electron chi connectivity index (χ4n) is 1.56. The highest BCUT2D eigenvalue weighted by atomic mass is 35.5. The highest BCUT2D eigenvalue weighted by Gasteiger charge is 2.15. The van der Waals surface area contributed by atoms with Gasteiger partial charge in [-0.15, -0.1) is 0 Å².